The molecule has 0 saturated carbocycles. The van der Waals surface area contributed by atoms with Crippen LogP contribution in [0.25, 0.3) is 10.9 Å². The number of aromatic amines is 2. The van der Waals surface area contributed by atoms with Crippen molar-refractivity contribution in [3.05, 3.63) is 57.4 Å². The number of aromatic nitrogens is 4. The number of nitrogens with one attached hydrogen (secondary N) is 3. The van der Waals surface area contributed by atoms with Crippen LogP contribution < -0.4 is 16.6 Å². The zero-order chi connectivity index (χ0) is 17.8. The fourth-order valence-electron chi connectivity index (χ4n) is 2.61. The van der Waals surface area contributed by atoms with E-state index in [1.54, 1.807) is 30.3 Å². The highest BCUT2D eigenvalue weighted by atomic mass is 32.2. The number of fused-ring (bicyclic) bond motifs is 1. The van der Waals surface area contributed by atoms with Gasteiger partial charge in [-0.25, -0.2) is 9.36 Å². The van der Waals surface area contributed by atoms with E-state index in [2.05, 4.69) is 20.5 Å². The molecule has 9 heteroatoms. The Morgan fingerprint density at radius 3 is 2.84 bits per heavy atom. The Labute approximate surface area is 146 Å². The van der Waals surface area contributed by atoms with Gasteiger partial charge in [0, 0.05) is 6.07 Å². The van der Waals surface area contributed by atoms with E-state index in [1.807, 2.05) is 6.26 Å². The number of para-hydroxylation sites is 1. The van der Waals surface area contributed by atoms with E-state index in [0.717, 1.165) is 4.57 Å². The van der Waals surface area contributed by atoms with Gasteiger partial charge in [0.25, 0.3) is 5.56 Å². The van der Waals surface area contributed by atoms with E-state index in [1.165, 1.54) is 18.0 Å². The molecule has 0 fully saturated rings. The minimum Gasteiger partial charge on any atom is -0.309 e. The first kappa shape index (κ1) is 17.0. The molecule has 8 nitrogen and oxygen atoms in total. The Balaban J connectivity index is 2.06. The zero-order valence-corrected chi connectivity index (χ0v) is 14.3. The zero-order valence-electron chi connectivity index (χ0n) is 13.5. The smallest absolute Gasteiger partial charge is 0.309 e. The van der Waals surface area contributed by atoms with E-state index in [-0.39, 0.29) is 0 Å². The van der Waals surface area contributed by atoms with Gasteiger partial charge in [-0.1, -0.05) is 12.1 Å². The molecule has 0 aliphatic heterocycles. The molecule has 2 aromatic heterocycles. The van der Waals surface area contributed by atoms with Crippen molar-refractivity contribution in [1.29, 1.82) is 0 Å². The van der Waals surface area contributed by atoms with Crippen LogP contribution >= 0.6 is 11.8 Å². The van der Waals surface area contributed by atoms with Crippen LogP contribution in [0, 0.1) is 0 Å². The first-order chi connectivity index (χ1) is 12.1. The second-order valence-electron chi connectivity index (χ2n) is 5.41. The van der Waals surface area contributed by atoms with Gasteiger partial charge in [0.05, 0.1) is 17.1 Å². The van der Waals surface area contributed by atoms with E-state index in [9.17, 15) is 14.4 Å². The van der Waals surface area contributed by atoms with Gasteiger partial charge in [-0.15, -0.1) is 0 Å². The minimum atomic E-state index is -0.920. The number of anilines is 1. The van der Waals surface area contributed by atoms with Crippen LogP contribution in [0.2, 0.25) is 0 Å². The van der Waals surface area contributed by atoms with Gasteiger partial charge < -0.3 is 10.3 Å². The lowest BCUT2D eigenvalue weighted by atomic mass is 10.2. The van der Waals surface area contributed by atoms with E-state index in [0.29, 0.717) is 28.9 Å². The standard InChI is InChI=1S/C16H17N5O3S/c1-25-9-7-12(14(22)19-13-6-8-17-20-13)21-15(23)10-4-2-3-5-11(10)18-16(21)24/h2-6,8,12H,7,9H2,1H3,(H,18,24)(H2,17,19,20,22)/t12-/m0/s1. The number of carbonyl (C=O) groups excluding carboxylic acids is 1. The van der Waals surface area contributed by atoms with Crippen molar-refractivity contribution in [1.82, 2.24) is 19.7 Å². The lowest BCUT2D eigenvalue weighted by Crippen LogP contribution is -2.43. The largest absolute Gasteiger partial charge is 0.329 e. The Kier molecular flexibility index (Phi) is 5.03. The van der Waals surface area contributed by atoms with Gasteiger partial charge in [0.2, 0.25) is 5.91 Å². The summed E-state index contributed by atoms with van der Waals surface area (Å²) < 4.78 is 0.990. The highest BCUT2D eigenvalue weighted by Crippen LogP contribution is 2.15. The van der Waals surface area contributed by atoms with Crippen LogP contribution in [0.1, 0.15) is 12.5 Å². The van der Waals surface area contributed by atoms with Gasteiger partial charge in [0.1, 0.15) is 11.9 Å². The van der Waals surface area contributed by atoms with Crippen molar-refractivity contribution in [3.63, 3.8) is 0 Å². The van der Waals surface area contributed by atoms with Gasteiger partial charge in [-0.05, 0) is 30.6 Å². The fraction of sp³-hybridized carbons (Fsp3) is 0.250. The first-order valence-corrected chi connectivity index (χ1v) is 9.04. The van der Waals surface area contributed by atoms with Gasteiger partial charge in [-0.2, -0.15) is 16.9 Å². The molecule has 130 valence electrons. The second kappa shape index (κ2) is 7.39. The summed E-state index contributed by atoms with van der Waals surface area (Å²) in [7, 11) is 0. The predicted octanol–water partition coefficient (Wildman–Crippen LogP) is 1.35. The van der Waals surface area contributed by atoms with Crippen molar-refractivity contribution in [2.24, 2.45) is 0 Å². The Bertz CT molecular complexity index is 993. The van der Waals surface area contributed by atoms with Gasteiger partial charge >= 0.3 is 5.69 Å². The lowest BCUT2D eigenvalue weighted by molar-refractivity contribution is -0.119. The van der Waals surface area contributed by atoms with Crippen molar-refractivity contribution in [3.8, 4) is 0 Å². The number of benzene rings is 1. The fourth-order valence-corrected chi connectivity index (χ4v) is 3.07. The average molecular weight is 359 g/mol. The molecule has 3 rings (SSSR count). The summed E-state index contributed by atoms with van der Waals surface area (Å²) in [6.45, 7) is 0. The summed E-state index contributed by atoms with van der Waals surface area (Å²) >= 11 is 1.54. The summed E-state index contributed by atoms with van der Waals surface area (Å²) in [5.41, 5.74) is -0.633. The Morgan fingerprint density at radius 1 is 1.32 bits per heavy atom. The number of nitrogens with zero attached hydrogens (tertiary/aromatic N) is 2. The van der Waals surface area contributed by atoms with E-state index in [4.69, 9.17) is 0 Å². The highest BCUT2D eigenvalue weighted by molar-refractivity contribution is 7.98. The maximum atomic E-state index is 12.8. The number of thioether (sulfide) groups is 1. The summed E-state index contributed by atoms with van der Waals surface area (Å²) in [6, 6.07) is 7.41. The molecule has 0 bridgehead atoms. The monoisotopic (exact) mass is 359 g/mol. The molecular weight excluding hydrogens is 342 g/mol. The molecule has 0 radical (unpaired) electrons. The van der Waals surface area contributed by atoms with Crippen LogP contribution in [-0.2, 0) is 4.79 Å². The maximum absolute atomic E-state index is 12.8. The third-order valence-corrected chi connectivity index (χ3v) is 4.45. The molecule has 1 atom stereocenters. The van der Waals surface area contributed by atoms with Gasteiger partial charge in [0.15, 0.2) is 0 Å². The lowest BCUT2D eigenvalue weighted by Gasteiger charge is -2.18. The molecule has 0 aliphatic rings. The summed E-state index contributed by atoms with van der Waals surface area (Å²) in [5.74, 6) is 0.588. The molecule has 0 saturated heterocycles. The normalized spacial score (nSPS) is 12.2. The van der Waals surface area contributed by atoms with Crippen LogP contribution in [0.3, 0.4) is 0 Å². The molecule has 0 spiro atoms. The second-order valence-corrected chi connectivity index (χ2v) is 6.39. The molecule has 2 heterocycles. The SMILES string of the molecule is CSCC[C@@H](C(=O)Nc1ccn[nH]1)n1c(=O)[nH]c2ccccc2c1=O. The topological polar surface area (TPSA) is 113 Å². The van der Waals surface area contributed by atoms with Crippen molar-refractivity contribution in [2.45, 2.75) is 12.5 Å². The van der Waals surface area contributed by atoms with Gasteiger partial charge in [-0.3, -0.25) is 14.7 Å². The molecule has 1 aromatic carbocycles. The highest BCUT2D eigenvalue weighted by Gasteiger charge is 2.25. The molecule has 0 unspecified atom stereocenters. The van der Waals surface area contributed by atoms with Crippen LogP contribution in [0.15, 0.2) is 46.1 Å². The minimum absolute atomic E-state index is 0.350. The van der Waals surface area contributed by atoms with Crippen LogP contribution in [-0.4, -0.2) is 37.7 Å². The molecule has 0 aliphatic carbocycles. The maximum Gasteiger partial charge on any atom is 0.329 e. The van der Waals surface area contributed by atoms with Crippen molar-refractivity contribution in [2.75, 3.05) is 17.3 Å². The van der Waals surface area contributed by atoms with Crippen molar-refractivity contribution >= 4 is 34.4 Å². The van der Waals surface area contributed by atoms with E-state index >= 15 is 0 Å². The number of hydrogen-bond donors (Lipinski definition) is 3. The third-order valence-electron chi connectivity index (χ3n) is 3.81. The van der Waals surface area contributed by atoms with Crippen molar-refractivity contribution < 1.29 is 4.79 Å². The van der Waals surface area contributed by atoms with E-state index < -0.39 is 23.2 Å². The molecule has 3 aromatic rings. The molecule has 1 amide bonds. The van der Waals surface area contributed by atoms with Crippen LogP contribution in [0.4, 0.5) is 5.82 Å². The average Bonchev–Trinajstić information content (AvgIpc) is 3.10. The molecular formula is C16H17N5O3S. The number of rotatable bonds is 6. The summed E-state index contributed by atoms with van der Waals surface area (Å²) in [4.78, 5) is 40.6. The third kappa shape index (κ3) is 3.50. The van der Waals surface area contributed by atoms with Crippen LogP contribution in [0.5, 0.6) is 0 Å². The summed E-state index contributed by atoms with van der Waals surface area (Å²) in [6.07, 6.45) is 3.75. The Hall–Kier alpha value is -2.81. The summed E-state index contributed by atoms with van der Waals surface area (Å²) in [5, 5.41) is 9.41. The molecule has 3 N–H and O–H groups in total. The number of carbonyl (C=O) groups is 1. The molecule has 25 heavy (non-hydrogen) atoms. The Morgan fingerprint density at radius 2 is 2.12 bits per heavy atom. The number of hydrogen-bond acceptors (Lipinski definition) is 5. The predicted molar refractivity (Wildman–Crippen MR) is 98.1 cm³/mol. The number of H-pyrrole nitrogens is 2. The number of amides is 1. The first-order valence-electron chi connectivity index (χ1n) is 7.64. The quantitative estimate of drug-likeness (QED) is 0.615.